The summed E-state index contributed by atoms with van der Waals surface area (Å²) in [6.07, 6.45) is 9.01. The second kappa shape index (κ2) is 15.4. The maximum absolute atomic E-state index is 11.8. The van der Waals surface area contributed by atoms with Gasteiger partial charge in [-0.15, -0.1) is 0 Å². The molecule has 0 aliphatic carbocycles. The van der Waals surface area contributed by atoms with Crippen molar-refractivity contribution in [1.82, 2.24) is 0 Å². The highest BCUT2D eigenvalue weighted by molar-refractivity contribution is 5.87. The van der Waals surface area contributed by atoms with Crippen molar-refractivity contribution in [3.05, 3.63) is 11.6 Å². The highest BCUT2D eigenvalue weighted by Crippen LogP contribution is 2.09. The fourth-order valence-electron chi connectivity index (χ4n) is 2.17. The molecule has 0 spiro atoms. The molecule has 1 atom stereocenters. The van der Waals surface area contributed by atoms with Gasteiger partial charge < -0.3 is 14.2 Å². The Morgan fingerprint density at radius 3 is 2.04 bits per heavy atom. The summed E-state index contributed by atoms with van der Waals surface area (Å²) in [5.74, 6) is -1.33. The average Bonchev–Trinajstić information content (AvgIpc) is 2.62. The zero-order valence-electron chi connectivity index (χ0n) is 16.7. The first-order valence-corrected chi connectivity index (χ1v) is 9.53. The van der Waals surface area contributed by atoms with Gasteiger partial charge in [-0.2, -0.15) is 0 Å². The van der Waals surface area contributed by atoms with Crippen LogP contribution < -0.4 is 0 Å². The fraction of sp³-hybridized carbons (Fsp3) is 0.750. The minimum Gasteiger partial charge on any atom is -0.462 e. The number of hydrogen-bond donors (Lipinski definition) is 0. The molecule has 0 fully saturated rings. The summed E-state index contributed by atoms with van der Waals surface area (Å²) < 4.78 is 15.3. The minimum atomic E-state index is -0.806. The maximum atomic E-state index is 11.8. The minimum absolute atomic E-state index is 0.120. The molecule has 0 saturated carbocycles. The molecule has 0 radical (unpaired) electrons. The molecule has 0 aliphatic rings. The van der Waals surface area contributed by atoms with Gasteiger partial charge in [-0.05, 0) is 20.3 Å². The Hall–Kier alpha value is -1.85. The second-order valence-electron chi connectivity index (χ2n) is 6.36. The highest BCUT2D eigenvalue weighted by Gasteiger charge is 2.19. The lowest BCUT2D eigenvalue weighted by Gasteiger charge is -2.18. The van der Waals surface area contributed by atoms with Crippen molar-refractivity contribution < 1.29 is 28.6 Å². The molecule has 26 heavy (non-hydrogen) atoms. The quantitative estimate of drug-likeness (QED) is 0.198. The number of hydrogen-bond acceptors (Lipinski definition) is 6. The van der Waals surface area contributed by atoms with Crippen LogP contribution in [0.2, 0.25) is 0 Å². The van der Waals surface area contributed by atoms with Crippen molar-refractivity contribution in [2.45, 2.75) is 85.2 Å². The van der Waals surface area contributed by atoms with Crippen LogP contribution in [0.3, 0.4) is 0 Å². The first kappa shape index (κ1) is 24.1. The van der Waals surface area contributed by atoms with E-state index in [4.69, 9.17) is 14.2 Å². The van der Waals surface area contributed by atoms with Crippen LogP contribution >= 0.6 is 0 Å². The largest absolute Gasteiger partial charge is 0.462 e. The van der Waals surface area contributed by atoms with Crippen LogP contribution in [0.5, 0.6) is 0 Å². The molecule has 6 heteroatoms. The molecule has 0 aromatic heterocycles. The van der Waals surface area contributed by atoms with Crippen molar-refractivity contribution in [3.8, 4) is 0 Å². The maximum Gasteiger partial charge on any atom is 0.333 e. The van der Waals surface area contributed by atoms with Gasteiger partial charge in [0.15, 0.2) is 6.10 Å². The molecular formula is C20H34O6. The van der Waals surface area contributed by atoms with E-state index in [9.17, 15) is 14.4 Å². The average molecular weight is 370 g/mol. The summed E-state index contributed by atoms with van der Waals surface area (Å²) in [5.41, 5.74) is 0.437. The molecule has 0 aromatic carbocycles. The number of ether oxygens (including phenoxy) is 3. The second-order valence-corrected chi connectivity index (χ2v) is 6.36. The summed E-state index contributed by atoms with van der Waals surface area (Å²) >= 11 is 0. The van der Waals surface area contributed by atoms with E-state index in [1.165, 1.54) is 32.6 Å². The van der Waals surface area contributed by atoms with E-state index in [0.717, 1.165) is 19.3 Å². The van der Waals surface area contributed by atoms with Gasteiger partial charge >= 0.3 is 17.9 Å². The van der Waals surface area contributed by atoms with Gasteiger partial charge in [0, 0.05) is 18.9 Å². The van der Waals surface area contributed by atoms with E-state index in [1.807, 2.05) is 0 Å². The Morgan fingerprint density at radius 1 is 0.885 bits per heavy atom. The van der Waals surface area contributed by atoms with Gasteiger partial charge in [-0.3, -0.25) is 9.59 Å². The van der Waals surface area contributed by atoms with Gasteiger partial charge in [-0.25, -0.2) is 4.79 Å². The monoisotopic (exact) mass is 370 g/mol. The van der Waals surface area contributed by atoms with Gasteiger partial charge in [0.25, 0.3) is 0 Å². The zero-order valence-corrected chi connectivity index (χ0v) is 16.7. The number of carbonyl (C=O) groups excluding carboxylic acids is 3. The van der Waals surface area contributed by atoms with Gasteiger partial charge in [0.05, 0.1) is 0 Å². The van der Waals surface area contributed by atoms with Crippen molar-refractivity contribution in [2.75, 3.05) is 13.2 Å². The highest BCUT2D eigenvalue weighted by atomic mass is 16.6. The van der Waals surface area contributed by atoms with E-state index in [2.05, 4.69) is 6.92 Å². The van der Waals surface area contributed by atoms with Crippen molar-refractivity contribution in [2.24, 2.45) is 0 Å². The van der Waals surface area contributed by atoms with Gasteiger partial charge in [0.2, 0.25) is 0 Å². The SMILES string of the molecule is CC=C(C)C(=O)OC(COC(C)=O)COC(=O)CCCCCCCCC. The molecule has 0 amide bonds. The molecule has 0 aromatic rings. The normalized spacial score (nSPS) is 12.4. The van der Waals surface area contributed by atoms with Crippen molar-refractivity contribution >= 4 is 17.9 Å². The lowest BCUT2D eigenvalue weighted by atomic mass is 10.1. The topological polar surface area (TPSA) is 78.9 Å². The molecule has 1 unspecified atom stereocenters. The van der Waals surface area contributed by atoms with E-state index < -0.39 is 18.0 Å². The third kappa shape index (κ3) is 13.4. The number of allylic oxidation sites excluding steroid dienone is 1. The predicted molar refractivity (Wildman–Crippen MR) is 99.5 cm³/mol. The molecule has 150 valence electrons. The van der Waals surface area contributed by atoms with E-state index in [-0.39, 0.29) is 19.2 Å². The molecule has 0 N–H and O–H groups in total. The molecular weight excluding hydrogens is 336 g/mol. The summed E-state index contributed by atoms with van der Waals surface area (Å²) in [7, 11) is 0. The van der Waals surface area contributed by atoms with Crippen LogP contribution in [-0.2, 0) is 28.6 Å². The lowest BCUT2D eigenvalue weighted by molar-refractivity contribution is -0.163. The molecule has 0 bridgehead atoms. The number of esters is 3. The number of carbonyl (C=O) groups is 3. The van der Waals surface area contributed by atoms with Crippen LogP contribution in [0.15, 0.2) is 11.6 Å². The first-order valence-electron chi connectivity index (χ1n) is 9.53. The van der Waals surface area contributed by atoms with Gasteiger partial charge in [0.1, 0.15) is 13.2 Å². The number of rotatable bonds is 14. The summed E-state index contributed by atoms with van der Waals surface area (Å²) in [6, 6.07) is 0. The van der Waals surface area contributed by atoms with Crippen molar-refractivity contribution in [1.29, 1.82) is 0 Å². The fourth-order valence-corrected chi connectivity index (χ4v) is 2.17. The Balaban J connectivity index is 4.14. The van der Waals surface area contributed by atoms with E-state index >= 15 is 0 Å². The van der Waals surface area contributed by atoms with E-state index in [1.54, 1.807) is 19.9 Å². The Bertz CT molecular complexity index is 455. The summed E-state index contributed by atoms with van der Waals surface area (Å²) in [6.45, 7) is 6.54. The van der Waals surface area contributed by atoms with Crippen LogP contribution in [0, 0.1) is 0 Å². The van der Waals surface area contributed by atoms with E-state index in [0.29, 0.717) is 12.0 Å². The van der Waals surface area contributed by atoms with Crippen LogP contribution in [0.1, 0.15) is 79.1 Å². The predicted octanol–water partition coefficient (Wildman–Crippen LogP) is 4.11. The van der Waals surface area contributed by atoms with Gasteiger partial charge in [-0.1, -0.05) is 51.5 Å². The Morgan fingerprint density at radius 2 is 1.46 bits per heavy atom. The standard InChI is InChI=1S/C20H34O6/c1-5-7-8-9-10-11-12-13-19(22)25-15-18(14-24-17(4)21)26-20(23)16(3)6-2/h6,18H,5,7-15H2,1-4H3. The third-order valence-corrected chi connectivity index (χ3v) is 3.92. The van der Waals surface area contributed by atoms with Crippen molar-refractivity contribution in [3.63, 3.8) is 0 Å². The molecule has 0 aliphatic heterocycles. The Kier molecular flexibility index (Phi) is 14.3. The smallest absolute Gasteiger partial charge is 0.333 e. The zero-order chi connectivity index (χ0) is 19.8. The van der Waals surface area contributed by atoms with Crippen LogP contribution in [0.25, 0.3) is 0 Å². The first-order chi connectivity index (χ1) is 12.4. The lowest BCUT2D eigenvalue weighted by Crippen LogP contribution is -2.30. The molecule has 0 rings (SSSR count). The summed E-state index contributed by atoms with van der Waals surface area (Å²) in [4.78, 5) is 34.6. The summed E-state index contributed by atoms with van der Waals surface area (Å²) in [5, 5.41) is 0. The van der Waals surface area contributed by atoms with Crippen LogP contribution in [0.4, 0.5) is 0 Å². The molecule has 0 saturated heterocycles. The Labute approximate surface area is 157 Å². The molecule has 0 heterocycles. The number of unbranched alkanes of at least 4 members (excludes halogenated alkanes) is 6. The third-order valence-electron chi connectivity index (χ3n) is 3.92. The van der Waals surface area contributed by atoms with Crippen LogP contribution in [-0.4, -0.2) is 37.2 Å². The molecule has 6 nitrogen and oxygen atoms in total.